The smallest absolute Gasteiger partial charge is 0.188 e. The second-order valence-electron chi connectivity index (χ2n) is 4.70. The summed E-state index contributed by atoms with van der Waals surface area (Å²) in [5.74, 6) is -1.42. The van der Waals surface area contributed by atoms with E-state index in [-0.39, 0.29) is 46.9 Å². The third-order valence-corrected chi connectivity index (χ3v) is 3.47. The zero-order valence-corrected chi connectivity index (χ0v) is 13.8. The second-order valence-corrected chi connectivity index (χ2v) is 5.11. The monoisotopic (exact) mass is 359 g/mol. The lowest BCUT2D eigenvalue weighted by molar-refractivity contribution is 0.0483. The highest BCUT2D eigenvalue weighted by Crippen LogP contribution is 2.36. The topological polar surface area (TPSA) is 62.9 Å². The molecule has 24 heavy (non-hydrogen) atoms. The fourth-order valence-electron chi connectivity index (χ4n) is 1.95. The molecule has 130 valence electrons. The first-order valence-electron chi connectivity index (χ1n) is 6.82. The molecule has 2 aromatic rings. The summed E-state index contributed by atoms with van der Waals surface area (Å²) in [6, 6.07) is 5.17. The molecule has 0 aliphatic rings. The van der Waals surface area contributed by atoms with Crippen molar-refractivity contribution in [2.24, 2.45) is 0 Å². The zero-order valence-electron chi connectivity index (χ0n) is 13.1. The van der Waals surface area contributed by atoms with Crippen molar-refractivity contribution < 1.29 is 27.7 Å². The van der Waals surface area contributed by atoms with Crippen molar-refractivity contribution in [1.82, 2.24) is 0 Å². The Morgan fingerprint density at radius 3 is 2.42 bits per heavy atom. The number of benzene rings is 2. The predicted octanol–water partition coefficient (Wildman–Crippen LogP) is 3.77. The zero-order chi connectivity index (χ0) is 17.7. The van der Waals surface area contributed by atoms with Crippen LogP contribution in [0.5, 0.6) is 17.2 Å². The van der Waals surface area contributed by atoms with Gasteiger partial charge in [0.1, 0.15) is 12.4 Å². The molecule has 0 atom stereocenters. The van der Waals surface area contributed by atoms with E-state index in [1.165, 1.54) is 32.4 Å². The Labute approximate surface area is 142 Å². The molecule has 0 heterocycles. The number of hydrogen-bond donors (Lipinski definition) is 1. The van der Waals surface area contributed by atoms with E-state index in [0.717, 1.165) is 6.07 Å². The van der Waals surface area contributed by atoms with Crippen LogP contribution in [0, 0.1) is 11.6 Å². The first-order valence-corrected chi connectivity index (χ1v) is 7.20. The molecule has 0 aromatic heterocycles. The summed E-state index contributed by atoms with van der Waals surface area (Å²) in [6.45, 7) is -0.342. The minimum atomic E-state index is -1.05. The summed E-state index contributed by atoms with van der Waals surface area (Å²) in [5.41, 5.74) is 5.93. The molecule has 2 rings (SSSR count). The van der Waals surface area contributed by atoms with Gasteiger partial charge in [-0.2, -0.15) is 0 Å². The molecule has 2 N–H and O–H groups in total. The molecule has 0 spiro atoms. The van der Waals surface area contributed by atoms with Crippen LogP contribution in [0.15, 0.2) is 24.3 Å². The minimum Gasteiger partial charge on any atom is -0.496 e. The molecule has 0 saturated heterocycles. The summed E-state index contributed by atoms with van der Waals surface area (Å²) in [4.78, 5) is 0. The molecule has 0 saturated carbocycles. The number of nitrogen functional groups attached to an aromatic ring is 1. The highest BCUT2D eigenvalue weighted by molar-refractivity contribution is 6.33. The van der Waals surface area contributed by atoms with Gasteiger partial charge in [0.05, 0.1) is 23.4 Å². The Kier molecular flexibility index (Phi) is 6.05. The maximum absolute atomic E-state index is 14.0. The molecule has 8 heteroatoms. The molecule has 2 aromatic carbocycles. The number of halogens is 3. The van der Waals surface area contributed by atoms with Gasteiger partial charge < -0.3 is 24.7 Å². The van der Waals surface area contributed by atoms with Crippen LogP contribution in [0.25, 0.3) is 0 Å². The molecule has 0 unspecified atom stereocenters. The van der Waals surface area contributed by atoms with Crippen molar-refractivity contribution in [3.8, 4) is 17.2 Å². The van der Waals surface area contributed by atoms with E-state index < -0.39 is 11.6 Å². The van der Waals surface area contributed by atoms with Crippen molar-refractivity contribution in [3.63, 3.8) is 0 Å². The van der Waals surface area contributed by atoms with Gasteiger partial charge in [-0.15, -0.1) is 0 Å². The van der Waals surface area contributed by atoms with Crippen molar-refractivity contribution in [2.45, 2.75) is 6.61 Å². The van der Waals surface area contributed by atoms with Gasteiger partial charge in [0.15, 0.2) is 29.9 Å². The normalized spacial score (nSPS) is 10.5. The van der Waals surface area contributed by atoms with E-state index >= 15 is 0 Å². The number of rotatable bonds is 7. The Bertz CT molecular complexity index is 728. The van der Waals surface area contributed by atoms with E-state index in [4.69, 9.17) is 36.3 Å². The van der Waals surface area contributed by atoms with Crippen molar-refractivity contribution >= 4 is 17.3 Å². The summed E-state index contributed by atoms with van der Waals surface area (Å²) in [5, 5.41) is 0.267. The van der Waals surface area contributed by atoms with Gasteiger partial charge in [0.2, 0.25) is 0 Å². The van der Waals surface area contributed by atoms with E-state index in [0.29, 0.717) is 0 Å². The van der Waals surface area contributed by atoms with Crippen LogP contribution in [0.4, 0.5) is 14.5 Å². The van der Waals surface area contributed by atoms with E-state index in [2.05, 4.69) is 0 Å². The van der Waals surface area contributed by atoms with Gasteiger partial charge in [-0.25, -0.2) is 8.78 Å². The molecule has 0 aliphatic carbocycles. The lowest BCUT2D eigenvalue weighted by Crippen LogP contribution is -2.06. The predicted molar refractivity (Wildman–Crippen MR) is 85.6 cm³/mol. The summed E-state index contributed by atoms with van der Waals surface area (Å²) in [7, 11) is 2.80. The van der Waals surface area contributed by atoms with Crippen molar-refractivity contribution in [1.29, 1.82) is 0 Å². The average molecular weight is 360 g/mol. The van der Waals surface area contributed by atoms with E-state index in [1.807, 2.05) is 0 Å². The van der Waals surface area contributed by atoms with Crippen LogP contribution >= 0.6 is 11.6 Å². The quantitative estimate of drug-likeness (QED) is 0.602. The Hall–Kier alpha value is -2.25. The van der Waals surface area contributed by atoms with Crippen molar-refractivity contribution in [2.75, 3.05) is 26.7 Å². The number of hydrogen-bond acceptors (Lipinski definition) is 5. The molecular weight excluding hydrogens is 344 g/mol. The van der Waals surface area contributed by atoms with E-state index in [1.54, 1.807) is 0 Å². The van der Waals surface area contributed by atoms with Gasteiger partial charge in [0, 0.05) is 19.2 Å². The maximum Gasteiger partial charge on any atom is 0.188 e. The highest BCUT2D eigenvalue weighted by Gasteiger charge is 2.17. The number of anilines is 1. The second kappa shape index (κ2) is 8.03. The van der Waals surface area contributed by atoms with Crippen LogP contribution in [0.3, 0.4) is 0 Å². The van der Waals surface area contributed by atoms with Gasteiger partial charge in [-0.1, -0.05) is 11.6 Å². The largest absolute Gasteiger partial charge is 0.496 e. The van der Waals surface area contributed by atoms with Crippen LogP contribution < -0.4 is 19.9 Å². The third kappa shape index (κ3) is 3.98. The van der Waals surface area contributed by atoms with Gasteiger partial charge >= 0.3 is 0 Å². The van der Waals surface area contributed by atoms with Crippen LogP contribution in [-0.2, 0) is 11.3 Å². The average Bonchev–Trinajstić information content (AvgIpc) is 2.57. The lowest BCUT2D eigenvalue weighted by atomic mass is 10.2. The first-order chi connectivity index (χ1) is 11.5. The highest BCUT2D eigenvalue weighted by atomic mass is 35.5. The van der Waals surface area contributed by atoms with Gasteiger partial charge in [0.25, 0.3) is 0 Å². The number of nitrogens with two attached hydrogens (primary N) is 1. The SMILES string of the molecule is COCOc1cc(Cl)c(N)cc1OCc1c(OC)ccc(F)c1F. The lowest BCUT2D eigenvalue weighted by Gasteiger charge is -2.15. The maximum atomic E-state index is 14.0. The van der Waals surface area contributed by atoms with Gasteiger partial charge in [-0.3, -0.25) is 0 Å². The fraction of sp³-hybridized carbons (Fsp3) is 0.250. The van der Waals surface area contributed by atoms with Crippen LogP contribution in [0.2, 0.25) is 5.02 Å². The molecule has 5 nitrogen and oxygen atoms in total. The van der Waals surface area contributed by atoms with Gasteiger partial charge in [-0.05, 0) is 12.1 Å². The molecule has 0 aliphatic heterocycles. The summed E-state index contributed by atoms with van der Waals surface area (Å²) >= 11 is 5.94. The molecular formula is C16H16ClF2NO4. The minimum absolute atomic E-state index is 0.0474. The number of ether oxygens (including phenoxy) is 4. The Morgan fingerprint density at radius 1 is 1.04 bits per heavy atom. The first kappa shape index (κ1) is 18.1. The van der Waals surface area contributed by atoms with Crippen LogP contribution in [0.1, 0.15) is 5.56 Å². The van der Waals surface area contributed by atoms with Crippen molar-refractivity contribution in [3.05, 3.63) is 46.5 Å². The molecule has 0 radical (unpaired) electrons. The standard InChI is InChI=1S/C16H16ClF2NO4/c1-21-8-24-14-5-10(17)12(20)6-15(14)23-7-9-13(22-2)4-3-11(18)16(9)19/h3-6H,7-8,20H2,1-2H3. The summed E-state index contributed by atoms with van der Waals surface area (Å²) in [6.07, 6.45) is 0. The molecule has 0 fully saturated rings. The third-order valence-electron chi connectivity index (χ3n) is 3.14. The number of methoxy groups -OCH3 is 2. The van der Waals surface area contributed by atoms with Crippen LogP contribution in [-0.4, -0.2) is 21.0 Å². The molecule has 0 amide bonds. The Morgan fingerprint density at radius 2 is 1.75 bits per heavy atom. The van der Waals surface area contributed by atoms with E-state index in [9.17, 15) is 8.78 Å². The molecule has 0 bridgehead atoms. The fourth-order valence-corrected chi connectivity index (χ4v) is 2.10. The Balaban J connectivity index is 2.29. The summed E-state index contributed by atoms with van der Waals surface area (Å²) < 4.78 is 48.1.